The van der Waals surface area contributed by atoms with Crippen LogP contribution >= 0.6 is 0 Å². The number of piperidine rings is 1. The third-order valence-electron chi connectivity index (χ3n) is 5.68. The molecule has 2 aromatic rings. The number of ether oxygens (including phenoxy) is 1. The molecule has 1 aromatic heterocycles. The first-order chi connectivity index (χ1) is 12.5. The monoisotopic (exact) mass is 357 g/mol. The van der Waals surface area contributed by atoms with Gasteiger partial charge in [0.1, 0.15) is 0 Å². The van der Waals surface area contributed by atoms with E-state index < -0.39 is 11.7 Å². The van der Waals surface area contributed by atoms with E-state index in [1.807, 2.05) is 0 Å². The Morgan fingerprint density at radius 2 is 2.12 bits per heavy atom. The highest BCUT2D eigenvalue weighted by Gasteiger charge is 2.44. The highest BCUT2D eigenvalue weighted by atomic mass is 16.5. The molecule has 2 aliphatic rings. The van der Waals surface area contributed by atoms with Crippen LogP contribution in [0.3, 0.4) is 0 Å². The lowest BCUT2D eigenvalue weighted by Gasteiger charge is -2.46. The molecule has 3 heterocycles. The van der Waals surface area contributed by atoms with Crippen molar-refractivity contribution in [3.05, 3.63) is 40.4 Å². The molecular formula is C19H23N3O4. The Labute approximate surface area is 151 Å². The van der Waals surface area contributed by atoms with Crippen molar-refractivity contribution < 1.29 is 14.6 Å². The van der Waals surface area contributed by atoms with Crippen LogP contribution < -0.4 is 5.56 Å². The van der Waals surface area contributed by atoms with Crippen molar-refractivity contribution >= 4 is 16.8 Å². The molecular weight excluding hydrogens is 334 g/mol. The molecule has 2 aliphatic heterocycles. The lowest BCUT2D eigenvalue weighted by molar-refractivity contribution is -0.174. The number of hydrogen-bond donors (Lipinski definition) is 1. The summed E-state index contributed by atoms with van der Waals surface area (Å²) < 4.78 is 7.32. The zero-order valence-corrected chi connectivity index (χ0v) is 14.9. The Hall–Kier alpha value is -2.25. The zero-order chi connectivity index (χ0) is 18.3. The number of carbonyl (C=O) groups is 1. The van der Waals surface area contributed by atoms with E-state index in [2.05, 4.69) is 4.98 Å². The maximum atomic E-state index is 12.9. The smallest absolute Gasteiger partial charge is 0.260 e. The van der Waals surface area contributed by atoms with Crippen molar-refractivity contribution in [2.24, 2.45) is 7.05 Å². The number of likely N-dealkylation sites (tertiary alicyclic amines) is 1. The molecule has 4 rings (SSSR count). The van der Waals surface area contributed by atoms with Crippen LogP contribution in [0.2, 0.25) is 0 Å². The van der Waals surface area contributed by atoms with Gasteiger partial charge < -0.3 is 19.3 Å². The van der Waals surface area contributed by atoms with Crippen LogP contribution in [0.25, 0.3) is 10.9 Å². The van der Waals surface area contributed by atoms with Crippen LogP contribution in [0.4, 0.5) is 0 Å². The second-order valence-electron chi connectivity index (χ2n) is 7.26. The predicted octanol–water partition coefficient (Wildman–Crippen LogP) is 1.08. The van der Waals surface area contributed by atoms with Crippen LogP contribution in [-0.4, -0.2) is 56.9 Å². The van der Waals surface area contributed by atoms with Gasteiger partial charge in [-0.2, -0.15) is 0 Å². The van der Waals surface area contributed by atoms with E-state index in [9.17, 15) is 14.7 Å². The Balaban J connectivity index is 1.53. The SMILES string of the molecule is Cn1cnc2cc(C(=O)N3CCC4(CC3)OCCCC4O)ccc2c1=O. The molecule has 1 aromatic carbocycles. The summed E-state index contributed by atoms with van der Waals surface area (Å²) in [5, 5.41) is 10.8. The molecule has 138 valence electrons. The van der Waals surface area contributed by atoms with Gasteiger partial charge in [0.05, 0.1) is 28.9 Å². The molecule has 0 bridgehead atoms. The molecule has 1 unspecified atom stereocenters. The third kappa shape index (κ3) is 2.81. The van der Waals surface area contributed by atoms with Gasteiger partial charge in [0.25, 0.3) is 11.5 Å². The summed E-state index contributed by atoms with van der Waals surface area (Å²) in [6.07, 6.45) is 3.95. The maximum absolute atomic E-state index is 12.9. The van der Waals surface area contributed by atoms with Crippen LogP contribution in [-0.2, 0) is 11.8 Å². The molecule has 2 fully saturated rings. The number of aromatic nitrogens is 2. The standard InChI is InChI=1S/C19H23N3O4/c1-21-12-20-15-11-13(4-5-14(15)18(21)25)17(24)22-8-6-19(7-9-22)16(23)3-2-10-26-19/h4-5,11-12,16,23H,2-3,6-10H2,1H3. The van der Waals surface area contributed by atoms with Crippen molar-refractivity contribution in [2.45, 2.75) is 37.4 Å². The number of benzene rings is 1. The van der Waals surface area contributed by atoms with Gasteiger partial charge in [-0.05, 0) is 43.9 Å². The molecule has 0 saturated carbocycles. The molecule has 0 radical (unpaired) electrons. The molecule has 0 aliphatic carbocycles. The van der Waals surface area contributed by atoms with Crippen LogP contribution in [0, 0.1) is 0 Å². The second kappa shape index (κ2) is 6.48. The highest BCUT2D eigenvalue weighted by Crippen LogP contribution is 2.35. The molecule has 7 heteroatoms. The van der Waals surface area contributed by atoms with Gasteiger partial charge in [-0.15, -0.1) is 0 Å². The fraction of sp³-hybridized carbons (Fsp3) is 0.526. The summed E-state index contributed by atoms with van der Waals surface area (Å²) in [4.78, 5) is 31.0. The zero-order valence-electron chi connectivity index (χ0n) is 14.9. The average Bonchev–Trinajstić information content (AvgIpc) is 2.67. The molecule has 2 saturated heterocycles. The topological polar surface area (TPSA) is 84.7 Å². The lowest BCUT2D eigenvalue weighted by Crippen LogP contribution is -2.56. The highest BCUT2D eigenvalue weighted by molar-refractivity contribution is 5.97. The fourth-order valence-corrected chi connectivity index (χ4v) is 4.00. The minimum absolute atomic E-state index is 0.0745. The Bertz CT molecular complexity index is 899. The summed E-state index contributed by atoms with van der Waals surface area (Å²) in [5.41, 5.74) is 0.432. The third-order valence-corrected chi connectivity index (χ3v) is 5.68. The van der Waals surface area contributed by atoms with Crippen molar-refractivity contribution in [1.82, 2.24) is 14.5 Å². The number of aryl methyl sites for hydroxylation is 1. The van der Waals surface area contributed by atoms with Crippen molar-refractivity contribution in [3.63, 3.8) is 0 Å². The van der Waals surface area contributed by atoms with E-state index in [0.29, 0.717) is 49.0 Å². The molecule has 1 atom stereocenters. The first-order valence-corrected chi connectivity index (χ1v) is 9.07. The normalized spacial score (nSPS) is 22.7. The molecule has 1 spiro atoms. The van der Waals surface area contributed by atoms with Gasteiger partial charge in [0, 0.05) is 32.3 Å². The van der Waals surface area contributed by atoms with Gasteiger partial charge in [-0.25, -0.2) is 4.98 Å². The quantitative estimate of drug-likeness (QED) is 0.826. The molecule has 7 nitrogen and oxygen atoms in total. The summed E-state index contributed by atoms with van der Waals surface area (Å²) >= 11 is 0. The van der Waals surface area contributed by atoms with Crippen LogP contribution in [0.1, 0.15) is 36.0 Å². The predicted molar refractivity (Wildman–Crippen MR) is 96.0 cm³/mol. The number of hydrogen-bond acceptors (Lipinski definition) is 5. The molecule has 26 heavy (non-hydrogen) atoms. The van der Waals surface area contributed by atoms with Gasteiger partial charge in [-0.1, -0.05) is 0 Å². The van der Waals surface area contributed by atoms with Gasteiger partial charge >= 0.3 is 0 Å². The minimum Gasteiger partial charge on any atom is -0.390 e. The number of aliphatic hydroxyl groups excluding tert-OH is 1. The van der Waals surface area contributed by atoms with Crippen LogP contribution in [0.15, 0.2) is 29.3 Å². The lowest BCUT2D eigenvalue weighted by atomic mass is 9.82. The molecule has 1 amide bonds. The first kappa shape index (κ1) is 17.2. The van der Waals surface area contributed by atoms with E-state index >= 15 is 0 Å². The summed E-state index contributed by atoms with van der Waals surface area (Å²) in [5.74, 6) is -0.0745. The van der Waals surface area contributed by atoms with Crippen molar-refractivity contribution in [3.8, 4) is 0 Å². The van der Waals surface area contributed by atoms with Gasteiger partial charge in [0.15, 0.2) is 0 Å². The number of aliphatic hydroxyl groups is 1. The Morgan fingerprint density at radius 3 is 2.85 bits per heavy atom. The number of fused-ring (bicyclic) bond motifs is 1. The number of rotatable bonds is 1. The van der Waals surface area contributed by atoms with Crippen LogP contribution in [0.5, 0.6) is 0 Å². The summed E-state index contributed by atoms with van der Waals surface area (Å²) in [7, 11) is 1.65. The second-order valence-corrected chi connectivity index (χ2v) is 7.26. The fourth-order valence-electron chi connectivity index (χ4n) is 4.00. The summed E-state index contributed by atoms with van der Waals surface area (Å²) in [6, 6.07) is 5.02. The van der Waals surface area contributed by atoms with Crippen molar-refractivity contribution in [2.75, 3.05) is 19.7 Å². The van der Waals surface area contributed by atoms with E-state index in [4.69, 9.17) is 4.74 Å². The molecule has 1 N–H and O–H groups in total. The largest absolute Gasteiger partial charge is 0.390 e. The maximum Gasteiger partial charge on any atom is 0.260 e. The average molecular weight is 357 g/mol. The summed E-state index contributed by atoms with van der Waals surface area (Å²) in [6.45, 7) is 1.78. The Morgan fingerprint density at radius 1 is 1.35 bits per heavy atom. The van der Waals surface area contributed by atoms with Gasteiger partial charge in [0.2, 0.25) is 0 Å². The Kier molecular flexibility index (Phi) is 4.28. The van der Waals surface area contributed by atoms with Gasteiger partial charge in [-0.3, -0.25) is 9.59 Å². The number of nitrogens with zero attached hydrogens (tertiary/aromatic N) is 3. The van der Waals surface area contributed by atoms with Crippen molar-refractivity contribution in [1.29, 1.82) is 0 Å². The number of carbonyl (C=O) groups excluding carboxylic acids is 1. The van der Waals surface area contributed by atoms with E-state index in [-0.39, 0.29) is 11.5 Å². The van der Waals surface area contributed by atoms with E-state index in [1.54, 1.807) is 30.1 Å². The number of amides is 1. The van der Waals surface area contributed by atoms with E-state index in [0.717, 1.165) is 12.8 Å². The minimum atomic E-state index is -0.494. The first-order valence-electron chi connectivity index (χ1n) is 9.07. The van der Waals surface area contributed by atoms with E-state index in [1.165, 1.54) is 10.9 Å².